The molecule has 0 aromatic carbocycles. The van der Waals surface area contributed by atoms with E-state index < -0.39 is 0 Å². The van der Waals surface area contributed by atoms with E-state index in [0.29, 0.717) is 12.1 Å². The SMILES string of the molecule is Cc1cnc(N2CCN3C[C@H](OCC4CC4)C[C@@H]3C2)nc1. The predicted molar refractivity (Wildman–Crippen MR) is 81.4 cm³/mol. The molecule has 1 aromatic heterocycles. The van der Waals surface area contributed by atoms with Crippen LogP contribution in [-0.2, 0) is 4.74 Å². The first-order valence-corrected chi connectivity index (χ1v) is 8.17. The highest BCUT2D eigenvalue weighted by molar-refractivity contribution is 5.31. The molecule has 0 unspecified atom stereocenters. The molecule has 3 fully saturated rings. The minimum Gasteiger partial charge on any atom is -0.377 e. The summed E-state index contributed by atoms with van der Waals surface area (Å²) in [4.78, 5) is 13.8. The molecule has 0 radical (unpaired) electrons. The number of piperazine rings is 1. The maximum atomic E-state index is 6.08. The van der Waals surface area contributed by atoms with Crippen molar-refractivity contribution in [3.8, 4) is 0 Å². The Hall–Kier alpha value is -1.20. The van der Waals surface area contributed by atoms with Crippen LogP contribution in [0.1, 0.15) is 24.8 Å². The molecule has 21 heavy (non-hydrogen) atoms. The maximum Gasteiger partial charge on any atom is 0.225 e. The summed E-state index contributed by atoms with van der Waals surface area (Å²) in [5.41, 5.74) is 1.12. The van der Waals surface area contributed by atoms with E-state index >= 15 is 0 Å². The summed E-state index contributed by atoms with van der Waals surface area (Å²) in [6.07, 6.45) is 8.16. The van der Waals surface area contributed by atoms with E-state index in [4.69, 9.17) is 4.74 Å². The first-order valence-electron chi connectivity index (χ1n) is 8.17. The molecule has 0 bridgehead atoms. The van der Waals surface area contributed by atoms with Crippen molar-refractivity contribution in [3.63, 3.8) is 0 Å². The first-order chi connectivity index (χ1) is 10.3. The van der Waals surface area contributed by atoms with Crippen LogP contribution in [0.3, 0.4) is 0 Å². The van der Waals surface area contributed by atoms with Gasteiger partial charge in [0.15, 0.2) is 0 Å². The quantitative estimate of drug-likeness (QED) is 0.839. The first kappa shape index (κ1) is 13.5. The molecule has 2 atom stereocenters. The molecular weight excluding hydrogens is 264 g/mol. The van der Waals surface area contributed by atoms with Crippen LogP contribution in [0.5, 0.6) is 0 Å². The van der Waals surface area contributed by atoms with Gasteiger partial charge in [-0.2, -0.15) is 0 Å². The lowest BCUT2D eigenvalue weighted by Crippen LogP contribution is -2.50. The highest BCUT2D eigenvalue weighted by Gasteiger charge is 2.37. The molecule has 3 aliphatic rings. The van der Waals surface area contributed by atoms with Gasteiger partial charge in [-0.1, -0.05) is 0 Å². The van der Waals surface area contributed by atoms with Crippen LogP contribution < -0.4 is 4.90 Å². The van der Waals surface area contributed by atoms with Gasteiger partial charge in [0.25, 0.3) is 0 Å². The molecule has 0 spiro atoms. The molecule has 1 saturated carbocycles. The van der Waals surface area contributed by atoms with Crippen molar-refractivity contribution in [1.29, 1.82) is 0 Å². The molecule has 2 saturated heterocycles. The number of rotatable bonds is 4. The van der Waals surface area contributed by atoms with Crippen molar-refractivity contribution in [2.24, 2.45) is 5.92 Å². The van der Waals surface area contributed by atoms with Gasteiger partial charge in [0.05, 0.1) is 6.10 Å². The Labute approximate surface area is 126 Å². The Bertz CT molecular complexity index is 488. The van der Waals surface area contributed by atoms with Gasteiger partial charge < -0.3 is 9.64 Å². The summed E-state index contributed by atoms with van der Waals surface area (Å²) in [5, 5.41) is 0. The molecule has 3 heterocycles. The average Bonchev–Trinajstić information content (AvgIpc) is 3.24. The molecule has 0 amide bonds. The van der Waals surface area contributed by atoms with E-state index in [1.807, 2.05) is 19.3 Å². The highest BCUT2D eigenvalue weighted by atomic mass is 16.5. The van der Waals surface area contributed by atoms with Crippen molar-refractivity contribution in [3.05, 3.63) is 18.0 Å². The second kappa shape index (κ2) is 5.54. The summed E-state index contributed by atoms with van der Waals surface area (Å²) in [5.74, 6) is 1.74. The summed E-state index contributed by atoms with van der Waals surface area (Å²) in [7, 11) is 0. The zero-order valence-corrected chi connectivity index (χ0v) is 12.7. The minimum absolute atomic E-state index is 0.439. The Kier molecular flexibility index (Phi) is 3.55. The number of hydrogen-bond acceptors (Lipinski definition) is 5. The fourth-order valence-electron chi connectivity index (χ4n) is 3.40. The second-order valence-electron chi connectivity index (χ2n) is 6.79. The predicted octanol–water partition coefficient (Wildman–Crippen LogP) is 1.47. The van der Waals surface area contributed by atoms with Crippen LogP contribution in [-0.4, -0.2) is 59.8 Å². The minimum atomic E-state index is 0.439. The third-order valence-corrected chi connectivity index (χ3v) is 4.89. The molecule has 0 N–H and O–H groups in total. The van der Waals surface area contributed by atoms with Crippen molar-refractivity contribution in [2.75, 3.05) is 37.7 Å². The molecule has 1 aliphatic carbocycles. The lowest BCUT2D eigenvalue weighted by Gasteiger charge is -2.37. The molecule has 1 aromatic rings. The second-order valence-corrected chi connectivity index (χ2v) is 6.79. The zero-order valence-electron chi connectivity index (χ0n) is 12.7. The van der Waals surface area contributed by atoms with E-state index in [-0.39, 0.29) is 0 Å². The lowest BCUT2D eigenvalue weighted by molar-refractivity contribution is 0.0521. The molecule has 5 heteroatoms. The Morgan fingerprint density at radius 3 is 2.76 bits per heavy atom. The van der Waals surface area contributed by atoms with Crippen molar-refractivity contribution in [2.45, 2.75) is 38.3 Å². The summed E-state index contributed by atoms with van der Waals surface area (Å²) >= 11 is 0. The number of hydrogen-bond donors (Lipinski definition) is 0. The third-order valence-electron chi connectivity index (χ3n) is 4.89. The van der Waals surface area contributed by atoms with Gasteiger partial charge in [-0.05, 0) is 37.7 Å². The maximum absolute atomic E-state index is 6.08. The monoisotopic (exact) mass is 288 g/mol. The Morgan fingerprint density at radius 1 is 1.19 bits per heavy atom. The average molecular weight is 288 g/mol. The number of aromatic nitrogens is 2. The summed E-state index contributed by atoms with van der Waals surface area (Å²) < 4.78 is 6.08. The zero-order chi connectivity index (χ0) is 14.2. The van der Waals surface area contributed by atoms with Gasteiger partial charge in [-0.3, -0.25) is 4.90 Å². The number of nitrogens with zero attached hydrogens (tertiary/aromatic N) is 4. The molecule has 5 nitrogen and oxygen atoms in total. The number of aryl methyl sites for hydroxylation is 1. The lowest BCUT2D eigenvalue weighted by atomic mass is 10.1. The van der Waals surface area contributed by atoms with Crippen LogP contribution in [0, 0.1) is 12.8 Å². The summed E-state index contributed by atoms with van der Waals surface area (Å²) in [6, 6.07) is 0.604. The van der Waals surface area contributed by atoms with Crippen molar-refractivity contribution < 1.29 is 4.74 Å². The molecule has 2 aliphatic heterocycles. The molecule has 4 rings (SSSR count). The van der Waals surface area contributed by atoms with E-state index in [1.54, 1.807) is 0 Å². The number of anilines is 1. The number of fused-ring (bicyclic) bond motifs is 1. The van der Waals surface area contributed by atoms with E-state index in [2.05, 4.69) is 19.8 Å². The van der Waals surface area contributed by atoms with Crippen LogP contribution in [0.4, 0.5) is 5.95 Å². The van der Waals surface area contributed by atoms with Gasteiger partial charge in [-0.25, -0.2) is 9.97 Å². The molecule has 114 valence electrons. The molecular formula is C16H24N4O. The van der Waals surface area contributed by atoms with Gasteiger partial charge in [0.2, 0.25) is 5.95 Å². The van der Waals surface area contributed by atoms with Crippen molar-refractivity contribution in [1.82, 2.24) is 14.9 Å². The van der Waals surface area contributed by atoms with E-state index in [0.717, 1.165) is 56.6 Å². The van der Waals surface area contributed by atoms with Gasteiger partial charge >= 0.3 is 0 Å². The van der Waals surface area contributed by atoms with Gasteiger partial charge in [-0.15, -0.1) is 0 Å². The fourth-order valence-corrected chi connectivity index (χ4v) is 3.40. The van der Waals surface area contributed by atoms with Crippen LogP contribution in [0.2, 0.25) is 0 Å². The van der Waals surface area contributed by atoms with Crippen LogP contribution >= 0.6 is 0 Å². The van der Waals surface area contributed by atoms with Gasteiger partial charge in [0.1, 0.15) is 0 Å². The fraction of sp³-hybridized carbons (Fsp3) is 0.750. The Morgan fingerprint density at radius 2 is 2.00 bits per heavy atom. The highest BCUT2D eigenvalue weighted by Crippen LogP contribution is 2.31. The normalized spacial score (nSPS) is 29.7. The largest absolute Gasteiger partial charge is 0.377 e. The standard InChI is InChI=1S/C16H24N4O/c1-12-7-17-16(18-8-12)20-5-4-19-10-15(6-14(19)9-20)21-11-13-2-3-13/h7-8,13-15H,2-6,9-11H2,1H3/t14-,15-/m1/s1. The third kappa shape index (κ3) is 3.04. The van der Waals surface area contributed by atoms with Crippen LogP contribution in [0.25, 0.3) is 0 Å². The van der Waals surface area contributed by atoms with Crippen molar-refractivity contribution >= 4 is 5.95 Å². The summed E-state index contributed by atoms with van der Waals surface area (Å²) in [6.45, 7) is 7.28. The Balaban J connectivity index is 1.35. The van der Waals surface area contributed by atoms with Crippen LogP contribution in [0.15, 0.2) is 12.4 Å². The smallest absolute Gasteiger partial charge is 0.225 e. The topological polar surface area (TPSA) is 41.5 Å². The van der Waals surface area contributed by atoms with E-state index in [9.17, 15) is 0 Å². The van der Waals surface area contributed by atoms with Gasteiger partial charge in [0, 0.05) is 51.2 Å². The number of ether oxygens (including phenoxy) is 1. The van der Waals surface area contributed by atoms with E-state index in [1.165, 1.54) is 12.8 Å².